The van der Waals surface area contributed by atoms with Gasteiger partial charge in [0.2, 0.25) is 0 Å². The first kappa shape index (κ1) is 27.3. The number of thioether (sulfide) groups is 1. The maximum atomic E-state index is 13.6. The van der Waals surface area contributed by atoms with Crippen molar-refractivity contribution in [3.8, 4) is 0 Å². The van der Waals surface area contributed by atoms with E-state index in [2.05, 4.69) is 54.5 Å². The highest BCUT2D eigenvalue weighted by Crippen LogP contribution is 2.42. The average Bonchev–Trinajstić information content (AvgIpc) is 2.99. The molecule has 6 heteroatoms. The van der Waals surface area contributed by atoms with Gasteiger partial charge in [-0.15, -0.1) is 0 Å². The summed E-state index contributed by atoms with van der Waals surface area (Å²) < 4.78 is 0. The lowest BCUT2D eigenvalue weighted by Crippen LogP contribution is -2.33. The van der Waals surface area contributed by atoms with Crippen molar-refractivity contribution in [1.29, 1.82) is 0 Å². The third-order valence-electron chi connectivity index (χ3n) is 7.05. The second-order valence-electron chi connectivity index (χ2n) is 9.88. The van der Waals surface area contributed by atoms with Crippen LogP contribution in [0.2, 0.25) is 0 Å². The molecule has 4 aromatic carbocycles. The maximum absolute atomic E-state index is 13.6. The first-order chi connectivity index (χ1) is 19.5. The predicted molar refractivity (Wildman–Crippen MR) is 166 cm³/mol. The molecular weight excluding hydrogens is 514 g/mol. The van der Waals surface area contributed by atoms with Gasteiger partial charge < -0.3 is 15.1 Å². The Hall–Kier alpha value is -4.29. The first-order valence-electron chi connectivity index (χ1n) is 13.5. The molecule has 5 rings (SSSR count). The van der Waals surface area contributed by atoms with Crippen LogP contribution in [-0.2, 0) is 11.3 Å². The molecule has 0 saturated heterocycles. The molecule has 0 spiro atoms. The highest BCUT2D eigenvalue weighted by atomic mass is 32.2. The minimum absolute atomic E-state index is 0.0192. The van der Waals surface area contributed by atoms with Crippen molar-refractivity contribution in [3.05, 3.63) is 130 Å². The quantitative estimate of drug-likeness (QED) is 0.182. The summed E-state index contributed by atoms with van der Waals surface area (Å²) in [5, 5.41) is 3.01. The van der Waals surface area contributed by atoms with Crippen LogP contribution in [0.15, 0.2) is 113 Å². The fraction of sp³-hybridized carbons (Fsp3) is 0.176. The minimum Gasteiger partial charge on any atom is -0.375 e. The van der Waals surface area contributed by atoms with Crippen molar-refractivity contribution in [3.63, 3.8) is 0 Å². The van der Waals surface area contributed by atoms with Crippen LogP contribution in [0.3, 0.4) is 0 Å². The number of amides is 2. The molecule has 2 amide bonds. The molecule has 1 heterocycles. The molecule has 5 nitrogen and oxygen atoms in total. The Kier molecular flexibility index (Phi) is 8.67. The number of para-hydroxylation sites is 2. The van der Waals surface area contributed by atoms with Crippen LogP contribution in [0, 0.1) is 6.92 Å². The molecule has 1 aliphatic heterocycles. The van der Waals surface area contributed by atoms with E-state index in [-0.39, 0.29) is 11.8 Å². The minimum atomic E-state index is -0.0944. The van der Waals surface area contributed by atoms with Gasteiger partial charge in [-0.3, -0.25) is 9.59 Å². The van der Waals surface area contributed by atoms with Crippen LogP contribution in [0.4, 0.5) is 11.4 Å². The van der Waals surface area contributed by atoms with Gasteiger partial charge in [0.05, 0.1) is 17.1 Å². The molecule has 202 valence electrons. The largest absolute Gasteiger partial charge is 0.375 e. The second kappa shape index (κ2) is 12.7. The number of carbonyl (C=O) groups excluding carboxylic acids is 2. The van der Waals surface area contributed by atoms with E-state index >= 15 is 0 Å². The zero-order valence-corrected chi connectivity index (χ0v) is 23.7. The molecule has 0 atom stereocenters. The van der Waals surface area contributed by atoms with Crippen LogP contribution < -0.4 is 15.1 Å². The van der Waals surface area contributed by atoms with E-state index < -0.39 is 0 Å². The fourth-order valence-electron chi connectivity index (χ4n) is 4.69. The number of aryl methyl sites for hydroxylation is 1. The highest BCUT2D eigenvalue weighted by molar-refractivity contribution is 8.04. The Bertz CT molecular complexity index is 1520. The van der Waals surface area contributed by atoms with E-state index in [4.69, 9.17) is 0 Å². The number of nitrogens with one attached hydrogen (secondary N) is 1. The number of hydrogen-bond acceptors (Lipinski definition) is 4. The molecular formula is C34H33N3O2S. The van der Waals surface area contributed by atoms with Crippen molar-refractivity contribution >= 4 is 41.0 Å². The SMILES string of the molecule is Cc1ccccc1CN1C(=O)/C(=C\c2ccc(C(=O)NCCCN(C)c3ccccc3)cc2)Sc2ccccc21. The standard InChI is InChI=1S/C34H33N3O2S/c1-25-11-6-7-12-28(25)24-37-30-15-8-9-16-31(30)40-32(34(37)39)23-26-17-19-27(20-18-26)33(38)35-21-10-22-36(2)29-13-4-3-5-14-29/h3-9,11-20,23H,10,21-22,24H2,1-2H3,(H,35,38)/b32-23+. The molecule has 40 heavy (non-hydrogen) atoms. The molecule has 0 radical (unpaired) electrons. The van der Waals surface area contributed by atoms with Crippen LogP contribution in [0.1, 0.15) is 33.5 Å². The number of hydrogen-bond donors (Lipinski definition) is 1. The van der Waals surface area contributed by atoms with E-state index in [9.17, 15) is 9.59 Å². The Morgan fingerprint density at radius 3 is 2.38 bits per heavy atom. The van der Waals surface area contributed by atoms with Gasteiger partial charge in [0.1, 0.15) is 0 Å². The van der Waals surface area contributed by atoms with Crippen LogP contribution in [0.5, 0.6) is 0 Å². The number of rotatable bonds is 9. The third-order valence-corrected chi connectivity index (χ3v) is 8.12. The monoisotopic (exact) mass is 547 g/mol. The number of fused-ring (bicyclic) bond motifs is 1. The summed E-state index contributed by atoms with van der Waals surface area (Å²) in [6.45, 7) is 4.04. The summed E-state index contributed by atoms with van der Waals surface area (Å²) >= 11 is 1.49. The smallest absolute Gasteiger partial charge is 0.265 e. The van der Waals surface area contributed by atoms with E-state index in [0.29, 0.717) is 23.6 Å². The number of anilines is 2. The summed E-state index contributed by atoms with van der Waals surface area (Å²) in [7, 11) is 2.06. The topological polar surface area (TPSA) is 52.7 Å². The summed E-state index contributed by atoms with van der Waals surface area (Å²) in [5.74, 6) is -0.114. The zero-order chi connectivity index (χ0) is 27.9. The number of benzene rings is 4. The van der Waals surface area contributed by atoms with Gasteiger partial charge in [-0.25, -0.2) is 0 Å². The lowest BCUT2D eigenvalue weighted by atomic mass is 10.1. The molecule has 0 unspecified atom stereocenters. The normalized spacial score (nSPS) is 13.7. The lowest BCUT2D eigenvalue weighted by Gasteiger charge is -2.31. The Labute approximate surface area is 240 Å². The van der Waals surface area contributed by atoms with Gasteiger partial charge >= 0.3 is 0 Å². The molecule has 0 aliphatic carbocycles. The summed E-state index contributed by atoms with van der Waals surface area (Å²) in [6.07, 6.45) is 2.76. The average molecular weight is 548 g/mol. The van der Waals surface area contributed by atoms with Crippen LogP contribution in [0.25, 0.3) is 6.08 Å². The van der Waals surface area contributed by atoms with E-state index in [1.165, 1.54) is 11.8 Å². The summed E-state index contributed by atoms with van der Waals surface area (Å²) in [4.78, 5) is 32.1. The second-order valence-corrected chi connectivity index (χ2v) is 11.0. The Morgan fingerprint density at radius 1 is 0.900 bits per heavy atom. The molecule has 4 aromatic rings. The highest BCUT2D eigenvalue weighted by Gasteiger charge is 2.29. The molecule has 0 aromatic heterocycles. The lowest BCUT2D eigenvalue weighted by molar-refractivity contribution is -0.114. The summed E-state index contributed by atoms with van der Waals surface area (Å²) in [5.41, 5.74) is 5.86. The van der Waals surface area contributed by atoms with Gasteiger partial charge in [0, 0.05) is 36.3 Å². The van der Waals surface area contributed by atoms with Crippen molar-refractivity contribution in [2.45, 2.75) is 24.8 Å². The first-order valence-corrected chi connectivity index (χ1v) is 14.3. The Balaban J connectivity index is 1.23. The number of nitrogens with zero attached hydrogens (tertiary/aromatic N) is 2. The fourth-order valence-corrected chi connectivity index (χ4v) is 5.75. The molecule has 0 fully saturated rings. The van der Waals surface area contributed by atoms with Gasteiger partial charge in [0.15, 0.2) is 0 Å². The van der Waals surface area contributed by atoms with Crippen LogP contribution in [-0.4, -0.2) is 32.0 Å². The van der Waals surface area contributed by atoms with E-state index in [0.717, 1.165) is 45.9 Å². The predicted octanol–water partition coefficient (Wildman–Crippen LogP) is 6.93. The van der Waals surface area contributed by atoms with Crippen LogP contribution >= 0.6 is 11.8 Å². The zero-order valence-electron chi connectivity index (χ0n) is 22.8. The molecule has 0 saturated carbocycles. The van der Waals surface area contributed by atoms with Gasteiger partial charge in [-0.1, -0.05) is 78.5 Å². The van der Waals surface area contributed by atoms with Crippen molar-refractivity contribution < 1.29 is 9.59 Å². The Morgan fingerprint density at radius 2 is 1.60 bits per heavy atom. The van der Waals surface area contributed by atoms with Gasteiger partial charge in [-0.2, -0.15) is 0 Å². The third kappa shape index (κ3) is 6.46. The summed E-state index contributed by atoms with van der Waals surface area (Å²) in [6, 6.07) is 33.8. The molecule has 0 bridgehead atoms. The molecule has 1 aliphatic rings. The maximum Gasteiger partial charge on any atom is 0.265 e. The van der Waals surface area contributed by atoms with Crippen molar-refractivity contribution in [2.75, 3.05) is 29.9 Å². The molecule has 1 N–H and O–H groups in total. The van der Waals surface area contributed by atoms with Gasteiger partial charge in [-0.05, 0) is 72.5 Å². The van der Waals surface area contributed by atoms with Crippen molar-refractivity contribution in [2.24, 2.45) is 0 Å². The van der Waals surface area contributed by atoms with E-state index in [1.807, 2.05) is 83.8 Å². The van der Waals surface area contributed by atoms with Crippen molar-refractivity contribution in [1.82, 2.24) is 5.32 Å². The van der Waals surface area contributed by atoms with E-state index in [1.54, 1.807) is 0 Å². The number of carbonyl (C=O) groups is 2. The van der Waals surface area contributed by atoms with Gasteiger partial charge in [0.25, 0.3) is 11.8 Å².